The van der Waals surface area contributed by atoms with Crippen molar-refractivity contribution in [3.63, 3.8) is 0 Å². The van der Waals surface area contributed by atoms with Crippen molar-refractivity contribution in [3.05, 3.63) is 0 Å². The first kappa shape index (κ1) is 15.3. The molecule has 0 aromatic heterocycles. The number of rotatable bonds is 4. The summed E-state index contributed by atoms with van der Waals surface area (Å²) in [6.07, 6.45) is 1.42. The molecular weight excluding hydrogens is 250 g/mol. The van der Waals surface area contributed by atoms with Gasteiger partial charge in [0.2, 0.25) is 5.91 Å². The molecule has 0 bridgehead atoms. The van der Waals surface area contributed by atoms with E-state index in [1.807, 2.05) is 0 Å². The van der Waals surface area contributed by atoms with E-state index in [9.17, 15) is 9.59 Å². The number of carbonyl (C=O) groups excluding carboxylic acids is 1. The third kappa shape index (κ3) is 5.29. The standard InChI is InChI=1S/C13H23NO3S/c1-13(2,3)5-4-11(15)14-6-7-18-9-10(14)8-12(16)17/h10H,4-9H2,1-3H3,(H,16,17)/t10-/m0/s1. The van der Waals surface area contributed by atoms with Gasteiger partial charge in [-0.25, -0.2) is 0 Å². The molecule has 5 heteroatoms. The van der Waals surface area contributed by atoms with Crippen LogP contribution in [-0.2, 0) is 9.59 Å². The van der Waals surface area contributed by atoms with Gasteiger partial charge in [0.05, 0.1) is 12.5 Å². The molecule has 0 radical (unpaired) electrons. The minimum absolute atomic E-state index is 0.0637. The molecule has 4 nitrogen and oxygen atoms in total. The third-order valence-corrected chi connectivity index (χ3v) is 4.14. The Kier molecular flexibility index (Phi) is 5.50. The number of carbonyl (C=O) groups is 2. The third-order valence-electron chi connectivity index (χ3n) is 3.05. The number of carboxylic acids is 1. The first-order valence-electron chi connectivity index (χ1n) is 6.38. The van der Waals surface area contributed by atoms with Gasteiger partial charge in [-0.2, -0.15) is 11.8 Å². The molecule has 18 heavy (non-hydrogen) atoms. The lowest BCUT2D eigenvalue weighted by Crippen LogP contribution is -2.47. The molecule has 0 aromatic rings. The quantitative estimate of drug-likeness (QED) is 0.853. The van der Waals surface area contributed by atoms with Gasteiger partial charge < -0.3 is 10.0 Å². The van der Waals surface area contributed by atoms with Crippen molar-refractivity contribution in [2.24, 2.45) is 5.41 Å². The highest BCUT2D eigenvalue weighted by Gasteiger charge is 2.29. The van der Waals surface area contributed by atoms with Crippen LogP contribution in [0.1, 0.15) is 40.0 Å². The van der Waals surface area contributed by atoms with Crippen LogP contribution in [0.4, 0.5) is 0 Å². The van der Waals surface area contributed by atoms with Crippen LogP contribution in [0.2, 0.25) is 0 Å². The Morgan fingerprint density at radius 2 is 2.06 bits per heavy atom. The monoisotopic (exact) mass is 273 g/mol. The smallest absolute Gasteiger partial charge is 0.305 e. The summed E-state index contributed by atoms with van der Waals surface area (Å²) in [5.74, 6) is 0.942. The second-order valence-corrected chi connectivity index (χ2v) is 7.12. The number of hydrogen-bond acceptors (Lipinski definition) is 3. The van der Waals surface area contributed by atoms with Crippen LogP contribution in [0, 0.1) is 5.41 Å². The number of hydrogen-bond donors (Lipinski definition) is 1. The van der Waals surface area contributed by atoms with Crippen molar-refractivity contribution in [1.82, 2.24) is 4.90 Å². The highest BCUT2D eigenvalue weighted by atomic mass is 32.2. The Balaban J connectivity index is 2.54. The molecule has 0 saturated carbocycles. The minimum Gasteiger partial charge on any atom is -0.481 e. The molecule has 0 unspecified atom stereocenters. The van der Waals surface area contributed by atoms with Gasteiger partial charge in [0.15, 0.2) is 0 Å². The maximum absolute atomic E-state index is 12.2. The van der Waals surface area contributed by atoms with E-state index in [2.05, 4.69) is 20.8 Å². The first-order valence-corrected chi connectivity index (χ1v) is 7.54. The zero-order valence-corrected chi connectivity index (χ0v) is 12.3. The predicted octanol–water partition coefficient (Wildman–Crippen LogP) is 2.23. The lowest BCUT2D eigenvalue weighted by atomic mass is 9.90. The van der Waals surface area contributed by atoms with Crippen LogP contribution in [0.15, 0.2) is 0 Å². The largest absolute Gasteiger partial charge is 0.481 e. The summed E-state index contributed by atoms with van der Waals surface area (Å²) in [5, 5.41) is 8.88. The van der Waals surface area contributed by atoms with Gasteiger partial charge in [0.25, 0.3) is 0 Å². The zero-order valence-electron chi connectivity index (χ0n) is 11.4. The van der Waals surface area contributed by atoms with Gasteiger partial charge in [-0.15, -0.1) is 0 Å². The van der Waals surface area contributed by atoms with E-state index in [0.717, 1.165) is 17.9 Å². The summed E-state index contributed by atoms with van der Waals surface area (Å²) in [6, 6.07) is -0.131. The minimum atomic E-state index is -0.823. The summed E-state index contributed by atoms with van der Waals surface area (Å²) in [6.45, 7) is 7.02. The molecule has 1 rings (SSSR count). The number of thioether (sulfide) groups is 1. The van der Waals surface area contributed by atoms with E-state index in [-0.39, 0.29) is 23.8 Å². The first-order chi connectivity index (χ1) is 8.29. The van der Waals surface area contributed by atoms with Crippen LogP contribution in [-0.4, -0.2) is 46.0 Å². The molecule has 1 aliphatic heterocycles. The fourth-order valence-corrected chi connectivity index (χ4v) is 3.04. The van der Waals surface area contributed by atoms with Gasteiger partial charge >= 0.3 is 5.97 Å². The summed E-state index contributed by atoms with van der Waals surface area (Å²) < 4.78 is 0. The van der Waals surface area contributed by atoms with E-state index in [0.29, 0.717) is 13.0 Å². The van der Waals surface area contributed by atoms with Crippen molar-refractivity contribution >= 4 is 23.6 Å². The van der Waals surface area contributed by atoms with Crippen LogP contribution in [0.3, 0.4) is 0 Å². The summed E-state index contributed by atoms with van der Waals surface area (Å²) in [7, 11) is 0. The summed E-state index contributed by atoms with van der Waals surface area (Å²) in [5.41, 5.74) is 0.141. The topological polar surface area (TPSA) is 57.6 Å². The van der Waals surface area contributed by atoms with Gasteiger partial charge in [0.1, 0.15) is 0 Å². The maximum atomic E-state index is 12.2. The molecular formula is C13H23NO3S. The fourth-order valence-electron chi connectivity index (χ4n) is 1.98. The van der Waals surface area contributed by atoms with Crippen molar-refractivity contribution in [2.45, 2.75) is 46.1 Å². The van der Waals surface area contributed by atoms with Crippen molar-refractivity contribution in [3.8, 4) is 0 Å². The molecule has 1 amide bonds. The van der Waals surface area contributed by atoms with Crippen molar-refractivity contribution in [1.29, 1.82) is 0 Å². The van der Waals surface area contributed by atoms with Crippen molar-refractivity contribution in [2.75, 3.05) is 18.1 Å². The van der Waals surface area contributed by atoms with E-state index in [4.69, 9.17) is 5.11 Å². The number of nitrogens with zero attached hydrogens (tertiary/aromatic N) is 1. The zero-order chi connectivity index (χ0) is 13.8. The second kappa shape index (κ2) is 6.45. The normalized spacial score (nSPS) is 20.8. The summed E-state index contributed by atoms with van der Waals surface area (Å²) >= 11 is 1.73. The average Bonchev–Trinajstić information content (AvgIpc) is 2.25. The highest BCUT2D eigenvalue weighted by Crippen LogP contribution is 2.24. The molecule has 104 valence electrons. The molecule has 1 aliphatic rings. The molecule has 1 heterocycles. The SMILES string of the molecule is CC(C)(C)CCC(=O)N1CCSC[C@@H]1CC(=O)O. The second-order valence-electron chi connectivity index (χ2n) is 5.97. The van der Waals surface area contributed by atoms with Crippen LogP contribution < -0.4 is 0 Å². The lowest BCUT2D eigenvalue weighted by Gasteiger charge is -2.35. The van der Waals surface area contributed by atoms with Gasteiger partial charge in [0, 0.05) is 24.5 Å². The Bertz CT molecular complexity index is 312. The molecule has 0 aromatic carbocycles. The number of amides is 1. The number of carboxylic acid groups (broad SMARTS) is 1. The highest BCUT2D eigenvalue weighted by molar-refractivity contribution is 7.99. The van der Waals surface area contributed by atoms with E-state index in [1.165, 1.54) is 0 Å². The Labute approximate surface area is 113 Å². The Morgan fingerprint density at radius 3 is 2.61 bits per heavy atom. The molecule has 0 aliphatic carbocycles. The Hall–Kier alpha value is -0.710. The predicted molar refractivity (Wildman–Crippen MR) is 73.8 cm³/mol. The van der Waals surface area contributed by atoms with Crippen LogP contribution in [0.5, 0.6) is 0 Å². The Morgan fingerprint density at radius 1 is 1.39 bits per heavy atom. The van der Waals surface area contributed by atoms with Crippen LogP contribution >= 0.6 is 11.8 Å². The average molecular weight is 273 g/mol. The molecule has 1 saturated heterocycles. The summed E-state index contributed by atoms with van der Waals surface area (Å²) in [4.78, 5) is 24.7. The van der Waals surface area contributed by atoms with Crippen molar-refractivity contribution < 1.29 is 14.7 Å². The van der Waals surface area contributed by atoms with E-state index in [1.54, 1.807) is 16.7 Å². The lowest BCUT2D eigenvalue weighted by molar-refractivity contribution is -0.140. The number of aliphatic carboxylic acids is 1. The van der Waals surface area contributed by atoms with Gasteiger partial charge in [-0.3, -0.25) is 9.59 Å². The molecule has 1 N–H and O–H groups in total. The maximum Gasteiger partial charge on any atom is 0.305 e. The van der Waals surface area contributed by atoms with Gasteiger partial charge in [-0.05, 0) is 11.8 Å². The van der Waals surface area contributed by atoms with Crippen LogP contribution in [0.25, 0.3) is 0 Å². The van der Waals surface area contributed by atoms with Gasteiger partial charge in [-0.1, -0.05) is 20.8 Å². The molecule has 0 spiro atoms. The molecule has 1 fully saturated rings. The van der Waals surface area contributed by atoms with E-state index < -0.39 is 5.97 Å². The fraction of sp³-hybridized carbons (Fsp3) is 0.846. The molecule has 1 atom stereocenters. The van der Waals surface area contributed by atoms with E-state index >= 15 is 0 Å².